The Morgan fingerprint density at radius 1 is 1.09 bits per heavy atom. The van der Waals surface area contributed by atoms with Gasteiger partial charge in [-0.25, -0.2) is 9.59 Å². The number of carbonyl (C=O) groups excluding carboxylic acids is 3. The van der Waals surface area contributed by atoms with Crippen LogP contribution in [0.2, 0.25) is 0 Å². The number of hydrogen-bond acceptors (Lipinski definition) is 5. The SMILES string of the molecule is Cc1cc(C=O)ccc1C1=CCN(C(=NC(=O)OC(C)(C)C)NC(=O)OC(C)(C)C)CC1. The summed E-state index contributed by atoms with van der Waals surface area (Å²) in [4.78, 5) is 41.4. The van der Waals surface area contributed by atoms with Gasteiger partial charge in [0.15, 0.2) is 0 Å². The summed E-state index contributed by atoms with van der Waals surface area (Å²) in [5.74, 6) is 0.0804. The topological polar surface area (TPSA) is 97.3 Å². The monoisotopic (exact) mass is 443 g/mol. The number of aryl methyl sites for hydroxylation is 1. The van der Waals surface area contributed by atoms with E-state index in [9.17, 15) is 14.4 Å². The number of nitrogens with zero attached hydrogens (tertiary/aromatic N) is 2. The Morgan fingerprint density at radius 2 is 1.75 bits per heavy atom. The van der Waals surface area contributed by atoms with Crippen molar-refractivity contribution in [2.45, 2.75) is 66.1 Å². The van der Waals surface area contributed by atoms with Crippen molar-refractivity contribution in [3.05, 3.63) is 41.0 Å². The van der Waals surface area contributed by atoms with E-state index >= 15 is 0 Å². The number of carbonyl (C=O) groups is 3. The van der Waals surface area contributed by atoms with E-state index in [4.69, 9.17) is 9.47 Å². The third-order valence-electron chi connectivity index (χ3n) is 4.44. The maximum absolute atomic E-state index is 12.3. The lowest BCUT2D eigenvalue weighted by Gasteiger charge is -2.30. The Labute approximate surface area is 189 Å². The average Bonchev–Trinajstić information content (AvgIpc) is 2.64. The van der Waals surface area contributed by atoms with E-state index in [1.54, 1.807) is 52.5 Å². The summed E-state index contributed by atoms with van der Waals surface area (Å²) >= 11 is 0. The third kappa shape index (κ3) is 7.83. The molecule has 8 heteroatoms. The van der Waals surface area contributed by atoms with Gasteiger partial charge in [0.25, 0.3) is 0 Å². The van der Waals surface area contributed by atoms with Gasteiger partial charge in [-0.3, -0.25) is 10.1 Å². The third-order valence-corrected chi connectivity index (χ3v) is 4.44. The van der Waals surface area contributed by atoms with Crippen LogP contribution in [0.3, 0.4) is 0 Å². The number of alkyl carbamates (subject to hydrolysis) is 1. The second-order valence-corrected chi connectivity index (χ2v) is 9.66. The highest BCUT2D eigenvalue weighted by Crippen LogP contribution is 2.26. The zero-order valence-electron chi connectivity index (χ0n) is 19.9. The largest absolute Gasteiger partial charge is 0.444 e. The van der Waals surface area contributed by atoms with Crippen LogP contribution in [0.5, 0.6) is 0 Å². The second kappa shape index (κ2) is 9.97. The Hall–Kier alpha value is -3.16. The van der Waals surface area contributed by atoms with E-state index in [0.717, 1.165) is 23.0 Å². The summed E-state index contributed by atoms with van der Waals surface area (Å²) in [5.41, 5.74) is 2.45. The molecule has 32 heavy (non-hydrogen) atoms. The van der Waals surface area contributed by atoms with Crippen LogP contribution in [0.25, 0.3) is 5.57 Å². The number of guanidine groups is 1. The molecule has 1 aliphatic heterocycles. The lowest BCUT2D eigenvalue weighted by atomic mass is 9.94. The first-order chi connectivity index (χ1) is 14.8. The Bertz CT molecular complexity index is 936. The van der Waals surface area contributed by atoms with Crippen LogP contribution < -0.4 is 5.32 Å². The molecule has 0 bridgehead atoms. The molecule has 0 saturated heterocycles. The van der Waals surface area contributed by atoms with Crippen molar-refractivity contribution >= 4 is 30.0 Å². The van der Waals surface area contributed by atoms with Crippen molar-refractivity contribution in [1.82, 2.24) is 10.2 Å². The van der Waals surface area contributed by atoms with Gasteiger partial charge in [-0.2, -0.15) is 0 Å². The van der Waals surface area contributed by atoms with Gasteiger partial charge < -0.3 is 14.4 Å². The normalized spacial score (nSPS) is 15.0. The molecule has 0 radical (unpaired) electrons. The smallest absolute Gasteiger partial charge is 0.437 e. The molecule has 1 N–H and O–H groups in total. The number of aldehydes is 1. The quantitative estimate of drug-likeness (QED) is 0.404. The minimum atomic E-state index is -0.793. The maximum Gasteiger partial charge on any atom is 0.437 e. The summed E-state index contributed by atoms with van der Waals surface area (Å²) < 4.78 is 10.6. The highest BCUT2D eigenvalue weighted by atomic mass is 16.6. The van der Waals surface area contributed by atoms with Crippen LogP contribution in [0.1, 0.15) is 69.4 Å². The summed E-state index contributed by atoms with van der Waals surface area (Å²) in [6.07, 6.45) is 2.03. The van der Waals surface area contributed by atoms with Gasteiger partial charge in [-0.15, -0.1) is 4.99 Å². The Morgan fingerprint density at radius 3 is 2.25 bits per heavy atom. The molecule has 2 amide bonds. The van der Waals surface area contributed by atoms with Gasteiger partial charge in [0.05, 0.1) is 0 Å². The van der Waals surface area contributed by atoms with E-state index in [1.807, 2.05) is 25.1 Å². The fourth-order valence-corrected chi connectivity index (χ4v) is 3.17. The van der Waals surface area contributed by atoms with Crippen molar-refractivity contribution in [3.63, 3.8) is 0 Å². The van der Waals surface area contributed by atoms with E-state index in [2.05, 4.69) is 10.3 Å². The first-order valence-electron chi connectivity index (χ1n) is 10.6. The van der Waals surface area contributed by atoms with Gasteiger partial charge in [0, 0.05) is 18.7 Å². The van der Waals surface area contributed by atoms with Crippen LogP contribution in [0.15, 0.2) is 29.3 Å². The molecule has 0 spiro atoms. The van der Waals surface area contributed by atoms with Gasteiger partial charge in [-0.05, 0) is 77.7 Å². The molecule has 0 atom stereocenters. The molecule has 1 aromatic rings. The van der Waals surface area contributed by atoms with Gasteiger partial charge >= 0.3 is 12.2 Å². The van der Waals surface area contributed by atoms with Crippen molar-refractivity contribution in [1.29, 1.82) is 0 Å². The number of ether oxygens (including phenoxy) is 2. The first-order valence-corrected chi connectivity index (χ1v) is 10.6. The standard InChI is InChI=1S/C24H33N3O5/c1-16-14-17(15-28)8-9-19(16)18-10-12-27(13-11-18)20(25-21(29)31-23(2,3)4)26-22(30)32-24(5,6)7/h8-10,14-15H,11-13H2,1-7H3,(H,25,26,29,30). The van der Waals surface area contributed by atoms with E-state index in [-0.39, 0.29) is 5.96 Å². The number of rotatable bonds is 2. The van der Waals surface area contributed by atoms with Crippen LogP contribution in [-0.2, 0) is 9.47 Å². The number of nitrogens with one attached hydrogen (secondary N) is 1. The minimum absolute atomic E-state index is 0.0804. The summed E-state index contributed by atoms with van der Waals surface area (Å²) in [5, 5.41) is 2.59. The Balaban J connectivity index is 2.23. The maximum atomic E-state index is 12.3. The summed E-state index contributed by atoms with van der Waals surface area (Å²) in [6, 6.07) is 5.59. The first kappa shape index (κ1) is 25.1. The van der Waals surface area contributed by atoms with Crippen molar-refractivity contribution in [3.8, 4) is 0 Å². The molecule has 8 nitrogen and oxygen atoms in total. The number of aliphatic imine (C=N–C) groups is 1. The predicted molar refractivity (Wildman–Crippen MR) is 124 cm³/mol. The molecular formula is C24H33N3O5. The molecule has 174 valence electrons. The van der Waals surface area contributed by atoms with Gasteiger partial charge in [-0.1, -0.05) is 18.2 Å². The predicted octanol–water partition coefficient (Wildman–Crippen LogP) is 4.71. The molecule has 0 saturated carbocycles. The molecule has 0 unspecified atom stereocenters. The van der Waals surface area contributed by atoms with E-state index < -0.39 is 23.4 Å². The van der Waals surface area contributed by atoms with Crippen LogP contribution >= 0.6 is 0 Å². The zero-order chi connectivity index (χ0) is 24.1. The highest BCUT2D eigenvalue weighted by molar-refractivity contribution is 5.99. The highest BCUT2D eigenvalue weighted by Gasteiger charge is 2.25. The number of amides is 2. The molecule has 1 heterocycles. The lowest BCUT2D eigenvalue weighted by molar-refractivity contribution is 0.0555. The molecule has 0 aromatic heterocycles. The number of hydrogen-bond donors (Lipinski definition) is 1. The minimum Gasteiger partial charge on any atom is -0.444 e. The summed E-state index contributed by atoms with van der Waals surface area (Å²) in [7, 11) is 0. The zero-order valence-corrected chi connectivity index (χ0v) is 19.9. The van der Waals surface area contributed by atoms with E-state index in [1.165, 1.54) is 0 Å². The molecule has 0 fully saturated rings. The van der Waals surface area contributed by atoms with Crippen molar-refractivity contribution in [2.75, 3.05) is 13.1 Å². The van der Waals surface area contributed by atoms with E-state index in [0.29, 0.717) is 25.1 Å². The van der Waals surface area contributed by atoms with Gasteiger partial charge in [0.2, 0.25) is 5.96 Å². The fourth-order valence-electron chi connectivity index (χ4n) is 3.17. The van der Waals surface area contributed by atoms with Crippen LogP contribution in [0, 0.1) is 6.92 Å². The number of benzene rings is 1. The average molecular weight is 444 g/mol. The van der Waals surface area contributed by atoms with Crippen molar-refractivity contribution in [2.24, 2.45) is 4.99 Å². The molecule has 1 aromatic carbocycles. The van der Waals surface area contributed by atoms with Crippen molar-refractivity contribution < 1.29 is 23.9 Å². The molecule has 1 aliphatic rings. The fraction of sp³-hybridized carbons (Fsp3) is 0.500. The molecular weight excluding hydrogens is 410 g/mol. The molecule has 0 aliphatic carbocycles. The van der Waals surface area contributed by atoms with Crippen LogP contribution in [0.4, 0.5) is 9.59 Å². The Kier molecular flexibility index (Phi) is 7.83. The summed E-state index contributed by atoms with van der Waals surface area (Å²) in [6.45, 7) is 13.4. The van der Waals surface area contributed by atoms with Gasteiger partial charge in [0.1, 0.15) is 17.5 Å². The second-order valence-electron chi connectivity index (χ2n) is 9.66. The molecule has 2 rings (SSSR count). The lowest BCUT2D eigenvalue weighted by Crippen LogP contribution is -2.48. The van der Waals surface area contributed by atoms with Crippen LogP contribution in [-0.4, -0.2) is 53.6 Å².